The normalized spacial score (nSPS) is 17.0. The minimum absolute atomic E-state index is 0.0680. The van der Waals surface area contributed by atoms with E-state index in [1.807, 2.05) is 26.2 Å². The first-order valence-corrected chi connectivity index (χ1v) is 11.5. The van der Waals surface area contributed by atoms with E-state index in [-0.39, 0.29) is 23.3 Å². The summed E-state index contributed by atoms with van der Waals surface area (Å²) in [6.45, 7) is 1.90. The number of nitrogens with two attached hydrogens (primary N) is 1. The zero-order chi connectivity index (χ0) is 25.1. The van der Waals surface area contributed by atoms with Gasteiger partial charge in [0, 0.05) is 54.9 Å². The number of aryl methyl sites for hydroxylation is 3. The van der Waals surface area contributed by atoms with Crippen molar-refractivity contribution < 1.29 is 4.79 Å². The molecule has 5 aromatic heterocycles. The molecular formula is C25H23N9O2. The third kappa shape index (κ3) is 3.56. The highest BCUT2D eigenvalue weighted by Gasteiger charge is 2.44. The average Bonchev–Trinajstić information content (AvgIpc) is 3.54. The zero-order valence-electron chi connectivity index (χ0n) is 19.9. The molecule has 11 heteroatoms. The van der Waals surface area contributed by atoms with Crippen molar-refractivity contribution in [2.75, 3.05) is 11.1 Å². The molecule has 0 aliphatic heterocycles. The minimum atomic E-state index is -0.263. The molecule has 5 heterocycles. The molecule has 180 valence electrons. The van der Waals surface area contributed by atoms with Crippen molar-refractivity contribution in [1.82, 2.24) is 34.5 Å². The quantitative estimate of drug-likeness (QED) is 0.397. The minimum Gasteiger partial charge on any atom is -0.383 e. The van der Waals surface area contributed by atoms with Gasteiger partial charge in [-0.15, -0.1) is 0 Å². The van der Waals surface area contributed by atoms with Crippen LogP contribution in [0.25, 0.3) is 32.9 Å². The number of pyridine rings is 3. The number of carbonyl (C=O) groups is 1. The van der Waals surface area contributed by atoms with E-state index in [9.17, 15) is 9.59 Å². The van der Waals surface area contributed by atoms with Crippen LogP contribution < -0.4 is 16.6 Å². The average molecular weight is 482 g/mol. The van der Waals surface area contributed by atoms with Crippen molar-refractivity contribution in [1.29, 1.82) is 0 Å². The lowest BCUT2D eigenvalue weighted by molar-refractivity contribution is -0.117. The van der Waals surface area contributed by atoms with Gasteiger partial charge in [-0.3, -0.25) is 14.3 Å². The lowest BCUT2D eigenvalue weighted by Crippen LogP contribution is -2.20. The molecule has 0 spiro atoms. The second-order valence-corrected chi connectivity index (χ2v) is 9.20. The van der Waals surface area contributed by atoms with Crippen molar-refractivity contribution in [2.24, 2.45) is 20.0 Å². The molecular weight excluding hydrogens is 458 g/mol. The first-order valence-electron chi connectivity index (χ1n) is 11.5. The Labute approximate surface area is 205 Å². The van der Waals surface area contributed by atoms with Gasteiger partial charge in [-0.05, 0) is 47.9 Å². The maximum absolute atomic E-state index is 12.8. The standard InChI is InChI=1S/C25H23N9O2/c1-12-17(8-28-22-18(12)10-30-34(3)25(22)36)20-4-13-5-21(27-9-19(13)23(26)31-20)32-24(35)16-6-15(16)14-7-29-33(2)11-14/h4-5,7-11,15-16H,6H2,1-3H3,(H2,26,31)(H,27,32,35). The molecule has 1 fully saturated rings. The number of anilines is 2. The van der Waals surface area contributed by atoms with Crippen LogP contribution in [0.3, 0.4) is 0 Å². The number of nitrogens with one attached hydrogen (secondary N) is 1. The Hall–Kier alpha value is -4.67. The summed E-state index contributed by atoms with van der Waals surface area (Å²) >= 11 is 0. The summed E-state index contributed by atoms with van der Waals surface area (Å²) in [6, 6.07) is 3.67. The molecule has 1 amide bonds. The summed E-state index contributed by atoms with van der Waals surface area (Å²) in [5.41, 5.74) is 9.59. The summed E-state index contributed by atoms with van der Waals surface area (Å²) in [4.78, 5) is 38.5. The van der Waals surface area contributed by atoms with Crippen LogP contribution in [0.2, 0.25) is 0 Å². The first-order chi connectivity index (χ1) is 17.3. The number of hydrogen-bond donors (Lipinski definition) is 2. The maximum atomic E-state index is 12.8. The van der Waals surface area contributed by atoms with Crippen LogP contribution in [-0.2, 0) is 18.9 Å². The zero-order valence-corrected chi connectivity index (χ0v) is 19.9. The molecule has 1 aliphatic carbocycles. The largest absolute Gasteiger partial charge is 0.383 e. The Morgan fingerprint density at radius 1 is 1.08 bits per heavy atom. The molecule has 2 unspecified atom stereocenters. The lowest BCUT2D eigenvalue weighted by Gasteiger charge is -2.11. The van der Waals surface area contributed by atoms with E-state index in [1.165, 1.54) is 4.68 Å². The number of nitrogens with zero attached hydrogens (tertiary/aromatic N) is 7. The number of amides is 1. The van der Waals surface area contributed by atoms with E-state index in [4.69, 9.17) is 5.73 Å². The van der Waals surface area contributed by atoms with E-state index in [1.54, 1.807) is 42.6 Å². The molecule has 0 radical (unpaired) electrons. The van der Waals surface area contributed by atoms with Gasteiger partial charge in [0.25, 0.3) is 5.56 Å². The monoisotopic (exact) mass is 481 g/mol. The molecule has 2 atom stereocenters. The SMILES string of the molecule is Cc1c(-c2cc3cc(NC(=O)C4CC4c4cnn(C)c4)ncc3c(N)n2)cnc2c(=O)n(C)ncc12. The van der Waals surface area contributed by atoms with Gasteiger partial charge in [-0.2, -0.15) is 10.2 Å². The first kappa shape index (κ1) is 21.8. The van der Waals surface area contributed by atoms with Gasteiger partial charge in [0.1, 0.15) is 17.2 Å². The van der Waals surface area contributed by atoms with Crippen molar-refractivity contribution in [3.8, 4) is 11.3 Å². The maximum Gasteiger partial charge on any atom is 0.292 e. The summed E-state index contributed by atoms with van der Waals surface area (Å²) < 4.78 is 3.00. The van der Waals surface area contributed by atoms with E-state index >= 15 is 0 Å². The summed E-state index contributed by atoms with van der Waals surface area (Å²) in [6.07, 6.45) is 9.41. The fourth-order valence-corrected chi connectivity index (χ4v) is 4.64. The summed E-state index contributed by atoms with van der Waals surface area (Å²) in [5.74, 6) is 0.773. The Bertz CT molecular complexity index is 1750. The molecule has 5 aromatic rings. The van der Waals surface area contributed by atoms with Gasteiger partial charge in [-0.25, -0.2) is 19.6 Å². The van der Waals surface area contributed by atoms with Crippen LogP contribution in [0.1, 0.15) is 23.5 Å². The van der Waals surface area contributed by atoms with Crippen LogP contribution in [-0.4, -0.2) is 40.4 Å². The third-order valence-electron chi connectivity index (χ3n) is 6.79. The Morgan fingerprint density at radius 2 is 1.92 bits per heavy atom. The molecule has 0 saturated heterocycles. The van der Waals surface area contributed by atoms with Gasteiger partial charge in [0.15, 0.2) is 0 Å². The molecule has 0 aromatic carbocycles. The Balaban J connectivity index is 1.32. The Kier molecular flexibility index (Phi) is 4.82. The highest BCUT2D eigenvalue weighted by Crippen LogP contribution is 2.47. The predicted octanol–water partition coefficient (Wildman–Crippen LogP) is 2.31. The molecule has 0 bridgehead atoms. The van der Waals surface area contributed by atoms with E-state index in [2.05, 4.69) is 30.5 Å². The van der Waals surface area contributed by atoms with Gasteiger partial charge in [0.2, 0.25) is 5.91 Å². The molecule has 1 aliphatic rings. The van der Waals surface area contributed by atoms with Gasteiger partial charge in [-0.1, -0.05) is 0 Å². The fourth-order valence-electron chi connectivity index (χ4n) is 4.64. The highest BCUT2D eigenvalue weighted by molar-refractivity contribution is 5.99. The van der Waals surface area contributed by atoms with Crippen LogP contribution in [0.5, 0.6) is 0 Å². The number of aromatic nitrogens is 7. The highest BCUT2D eigenvalue weighted by atomic mass is 16.2. The fraction of sp³-hybridized carbons (Fsp3) is 0.240. The van der Waals surface area contributed by atoms with Crippen molar-refractivity contribution in [3.63, 3.8) is 0 Å². The van der Waals surface area contributed by atoms with Gasteiger partial charge < -0.3 is 11.1 Å². The van der Waals surface area contributed by atoms with E-state index in [0.717, 1.165) is 28.5 Å². The number of carbonyl (C=O) groups excluding carboxylic acids is 1. The van der Waals surface area contributed by atoms with Crippen molar-refractivity contribution >= 4 is 39.2 Å². The van der Waals surface area contributed by atoms with Crippen molar-refractivity contribution in [3.05, 3.63) is 64.6 Å². The molecule has 36 heavy (non-hydrogen) atoms. The van der Waals surface area contributed by atoms with Crippen molar-refractivity contribution in [2.45, 2.75) is 19.3 Å². The predicted molar refractivity (Wildman–Crippen MR) is 135 cm³/mol. The smallest absolute Gasteiger partial charge is 0.292 e. The molecule has 3 N–H and O–H groups in total. The third-order valence-corrected chi connectivity index (χ3v) is 6.79. The summed E-state index contributed by atoms with van der Waals surface area (Å²) in [7, 11) is 3.45. The number of rotatable bonds is 4. The van der Waals surface area contributed by atoms with Crippen LogP contribution in [0.4, 0.5) is 11.6 Å². The molecule has 1 saturated carbocycles. The number of hydrogen-bond acceptors (Lipinski definition) is 8. The van der Waals surface area contributed by atoms with Gasteiger partial charge >= 0.3 is 0 Å². The Morgan fingerprint density at radius 3 is 2.69 bits per heavy atom. The number of fused-ring (bicyclic) bond motifs is 2. The lowest BCUT2D eigenvalue weighted by atomic mass is 10.0. The molecule has 6 rings (SSSR count). The second kappa shape index (κ2) is 7.94. The van der Waals surface area contributed by atoms with E-state index in [0.29, 0.717) is 33.6 Å². The second-order valence-electron chi connectivity index (χ2n) is 9.20. The van der Waals surface area contributed by atoms with Crippen LogP contribution in [0.15, 0.2) is 47.9 Å². The summed E-state index contributed by atoms with van der Waals surface area (Å²) in [5, 5.41) is 13.4. The number of nitrogen functional groups attached to an aromatic ring is 1. The van der Waals surface area contributed by atoms with Crippen LogP contribution >= 0.6 is 0 Å². The van der Waals surface area contributed by atoms with Crippen LogP contribution in [0, 0.1) is 12.8 Å². The molecule has 11 nitrogen and oxygen atoms in total. The topological polar surface area (TPSA) is 146 Å². The van der Waals surface area contributed by atoms with E-state index < -0.39 is 0 Å². The van der Waals surface area contributed by atoms with Gasteiger partial charge in [0.05, 0.1) is 18.1 Å².